The Balaban J connectivity index is 2.01. The largest absolute Gasteiger partial charge is 0.341 e. The lowest BCUT2D eigenvalue weighted by Gasteiger charge is -2.35. The number of amides is 3. The van der Waals surface area contributed by atoms with E-state index in [4.69, 9.17) is 11.6 Å². The minimum atomic E-state index is -0.339. The Labute approximate surface area is 133 Å². The summed E-state index contributed by atoms with van der Waals surface area (Å²) in [7, 11) is 1.53. The van der Waals surface area contributed by atoms with Crippen LogP contribution in [0.15, 0.2) is 12.1 Å². The molecule has 21 heavy (non-hydrogen) atoms. The Bertz CT molecular complexity index is 534. The number of likely N-dealkylation sites (tertiary alicyclic amines) is 1. The van der Waals surface area contributed by atoms with Crippen LogP contribution in [0.25, 0.3) is 0 Å². The molecule has 2 N–H and O–H groups in total. The molecule has 0 bridgehead atoms. The van der Waals surface area contributed by atoms with Crippen LogP contribution in [0, 0.1) is 0 Å². The lowest BCUT2D eigenvalue weighted by Crippen LogP contribution is -2.50. The number of carbonyl (C=O) groups is 2. The number of rotatable bonds is 4. The van der Waals surface area contributed by atoms with Crippen molar-refractivity contribution in [2.75, 3.05) is 20.1 Å². The van der Waals surface area contributed by atoms with Crippen molar-refractivity contribution < 1.29 is 9.59 Å². The van der Waals surface area contributed by atoms with Gasteiger partial charge in [0.2, 0.25) is 5.91 Å². The van der Waals surface area contributed by atoms with Crippen molar-refractivity contribution in [3.8, 4) is 0 Å². The van der Waals surface area contributed by atoms with E-state index in [9.17, 15) is 9.59 Å². The summed E-state index contributed by atoms with van der Waals surface area (Å²) in [4.78, 5) is 26.6. The molecule has 0 radical (unpaired) electrons. The molecule has 1 unspecified atom stereocenters. The van der Waals surface area contributed by atoms with Crippen molar-refractivity contribution in [3.05, 3.63) is 21.3 Å². The Morgan fingerprint density at radius 1 is 1.48 bits per heavy atom. The summed E-state index contributed by atoms with van der Waals surface area (Å²) in [6.07, 6.45) is 2.76. The molecule has 0 aliphatic carbocycles. The Morgan fingerprint density at radius 2 is 2.24 bits per heavy atom. The quantitative estimate of drug-likeness (QED) is 0.890. The zero-order valence-electron chi connectivity index (χ0n) is 12.2. The molecule has 1 fully saturated rings. The van der Waals surface area contributed by atoms with Gasteiger partial charge in [0.05, 0.1) is 10.9 Å². The minimum Gasteiger partial charge on any atom is -0.341 e. The molecule has 0 aromatic carbocycles. The Hall–Kier alpha value is -1.27. The fraction of sp³-hybridized carbons (Fsp3) is 0.571. The average molecular weight is 330 g/mol. The van der Waals surface area contributed by atoms with Gasteiger partial charge in [-0.2, -0.15) is 0 Å². The number of hydrogen-bond donors (Lipinski definition) is 2. The summed E-state index contributed by atoms with van der Waals surface area (Å²) in [6, 6.07) is 3.57. The van der Waals surface area contributed by atoms with Gasteiger partial charge in [0.1, 0.15) is 0 Å². The lowest BCUT2D eigenvalue weighted by atomic mass is 9.93. The van der Waals surface area contributed by atoms with E-state index in [-0.39, 0.29) is 24.0 Å². The molecule has 5 nitrogen and oxygen atoms in total. The van der Waals surface area contributed by atoms with Crippen LogP contribution in [0.1, 0.15) is 24.6 Å². The van der Waals surface area contributed by atoms with Gasteiger partial charge in [-0.3, -0.25) is 4.79 Å². The van der Waals surface area contributed by atoms with Crippen molar-refractivity contribution in [2.24, 2.45) is 0 Å². The molecule has 1 saturated heterocycles. The summed E-state index contributed by atoms with van der Waals surface area (Å²) in [5.74, 6) is -0.0405. The topological polar surface area (TPSA) is 61.4 Å². The molecule has 0 saturated carbocycles. The fourth-order valence-electron chi connectivity index (χ4n) is 2.79. The molecule has 2 heterocycles. The standard InChI is InChI=1S/C14H20ClN3O2S/c1-14(8-10-4-5-11(15)21-10)6-3-7-18(14)12(19)9-17-13(20)16-2/h4-5H,3,6-9H2,1-2H3,(H2,16,17,20). The molecule has 3 amide bonds. The number of thiophene rings is 1. The highest BCUT2D eigenvalue weighted by atomic mass is 35.5. The van der Waals surface area contributed by atoms with Crippen LogP contribution in [-0.2, 0) is 11.2 Å². The molecule has 1 aliphatic rings. The van der Waals surface area contributed by atoms with Gasteiger partial charge >= 0.3 is 6.03 Å². The van der Waals surface area contributed by atoms with Crippen molar-refractivity contribution in [3.63, 3.8) is 0 Å². The van der Waals surface area contributed by atoms with Gasteiger partial charge in [0, 0.05) is 30.4 Å². The monoisotopic (exact) mass is 329 g/mol. The van der Waals surface area contributed by atoms with Crippen LogP contribution in [0.5, 0.6) is 0 Å². The Kier molecular flexibility index (Phi) is 5.11. The summed E-state index contributed by atoms with van der Waals surface area (Å²) in [5.41, 5.74) is -0.199. The number of halogens is 1. The number of carbonyl (C=O) groups excluding carboxylic acids is 2. The summed E-state index contributed by atoms with van der Waals surface area (Å²) in [6.45, 7) is 2.87. The molecule has 116 valence electrons. The molecule has 1 aliphatic heterocycles. The maximum Gasteiger partial charge on any atom is 0.314 e. The lowest BCUT2D eigenvalue weighted by molar-refractivity contribution is -0.133. The molecule has 1 aromatic rings. The maximum atomic E-state index is 12.3. The molecule has 1 atom stereocenters. The van der Waals surface area contributed by atoms with Crippen molar-refractivity contribution >= 4 is 34.9 Å². The van der Waals surface area contributed by atoms with Gasteiger partial charge in [-0.15, -0.1) is 11.3 Å². The third kappa shape index (κ3) is 3.89. The molecule has 2 rings (SSSR count). The first kappa shape index (κ1) is 16.1. The first-order chi connectivity index (χ1) is 9.94. The van der Waals surface area contributed by atoms with Gasteiger partial charge < -0.3 is 15.5 Å². The fourth-order valence-corrected chi connectivity index (χ4v) is 4.06. The van der Waals surface area contributed by atoms with Crippen LogP contribution < -0.4 is 10.6 Å². The van der Waals surface area contributed by atoms with Gasteiger partial charge in [-0.1, -0.05) is 11.6 Å². The molecule has 0 spiro atoms. The first-order valence-electron chi connectivity index (χ1n) is 6.95. The third-order valence-corrected chi connectivity index (χ3v) is 5.09. The van der Waals surface area contributed by atoms with Crippen molar-refractivity contribution in [1.29, 1.82) is 0 Å². The first-order valence-corrected chi connectivity index (χ1v) is 8.14. The van der Waals surface area contributed by atoms with Gasteiger partial charge in [-0.25, -0.2) is 4.79 Å². The average Bonchev–Trinajstić information content (AvgIpc) is 3.02. The second kappa shape index (κ2) is 6.66. The van der Waals surface area contributed by atoms with E-state index >= 15 is 0 Å². The second-order valence-electron chi connectivity index (χ2n) is 5.46. The molecule has 1 aromatic heterocycles. The maximum absolute atomic E-state index is 12.3. The van der Waals surface area contributed by atoms with E-state index in [2.05, 4.69) is 17.6 Å². The van der Waals surface area contributed by atoms with E-state index < -0.39 is 0 Å². The number of urea groups is 1. The van der Waals surface area contributed by atoms with E-state index in [1.165, 1.54) is 11.9 Å². The van der Waals surface area contributed by atoms with Gasteiger partial charge in [0.15, 0.2) is 0 Å². The molecular formula is C14H20ClN3O2S. The van der Waals surface area contributed by atoms with Crippen molar-refractivity contribution in [2.45, 2.75) is 31.7 Å². The zero-order chi connectivity index (χ0) is 15.5. The third-order valence-electron chi connectivity index (χ3n) is 3.86. The van der Waals surface area contributed by atoms with Crippen molar-refractivity contribution in [1.82, 2.24) is 15.5 Å². The summed E-state index contributed by atoms with van der Waals surface area (Å²) < 4.78 is 0.769. The zero-order valence-corrected chi connectivity index (χ0v) is 13.8. The normalized spacial score (nSPS) is 21.4. The highest BCUT2D eigenvalue weighted by molar-refractivity contribution is 7.16. The minimum absolute atomic E-state index is 0.0282. The van der Waals surface area contributed by atoms with Gasteiger partial charge in [0.25, 0.3) is 0 Å². The van der Waals surface area contributed by atoms with E-state index in [1.54, 1.807) is 11.3 Å². The smallest absolute Gasteiger partial charge is 0.314 e. The van der Waals surface area contributed by atoms with Crippen LogP contribution in [0.2, 0.25) is 4.34 Å². The highest BCUT2D eigenvalue weighted by Gasteiger charge is 2.39. The number of nitrogens with zero attached hydrogens (tertiary/aromatic N) is 1. The summed E-state index contributed by atoms with van der Waals surface area (Å²) in [5, 5.41) is 5.00. The number of hydrogen-bond acceptors (Lipinski definition) is 3. The SMILES string of the molecule is CNC(=O)NCC(=O)N1CCCC1(C)Cc1ccc(Cl)s1. The van der Waals surface area contributed by atoms with Crippen LogP contribution in [0.3, 0.4) is 0 Å². The van der Waals surface area contributed by atoms with E-state index in [1.807, 2.05) is 17.0 Å². The van der Waals surface area contributed by atoms with Crippen LogP contribution >= 0.6 is 22.9 Å². The van der Waals surface area contributed by atoms with Crippen LogP contribution in [-0.4, -0.2) is 42.5 Å². The Morgan fingerprint density at radius 3 is 2.86 bits per heavy atom. The van der Waals surface area contributed by atoms with E-state index in [0.717, 1.165) is 30.1 Å². The predicted octanol–water partition coefficient (Wildman–Crippen LogP) is 2.25. The highest BCUT2D eigenvalue weighted by Crippen LogP contribution is 2.35. The molecular weight excluding hydrogens is 310 g/mol. The summed E-state index contributed by atoms with van der Waals surface area (Å²) >= 11 is 7.53. The van der Waals surface area contributed by atoms with Gasteiger partial charge in [-0.05, 0) is 31.9 Å². The predicted molar refractivity (Wildman–Crippen MR) is 84.8 cm³/mol. The van der Waals surface area contributed by atoms with Crippen LogP contribution in [0.4, 0.5) is 4.79 Å². The molecule has 7 heteroatoms. The number of nitrogens with one attached hydrogen (secondary N) is 2. The van der Waals surface area contributed by atoms with E-state index in [0.29, 0.717) is 0 Å². The second-order valence-corrected chi connectivity index (χ2v) is 7.26.